The molecule has 2 heterocycles. The molecule has 3 aromatic rings. The SMILES string of the molecule is CCN(CC)C(=O)c1ccc(NC(=O)c2cc(C)nc3c2c(C)nn3C)cc1. The molecule has 146 valence electrons. The fourth-order valence-corrected chi connectivity index (χ4v) is 3.34. The van der Waals surface area contributed by atoms with Gasteiger partial charge in [0.25, 0.3) is 11.8 Å². The molecule has 28 heavy (non-hydrogen) atoms. The first-order valence-electron chi connectivity index (χ1n) is 9.37. The molecular weight excluding hydrogens is 354 g/mol. The minimum Gasteiger partial charge on any atom is -0.339 e. The number of benzene rings is 1. The van der Waals surface area contributed by atoms with Gasteiger partial charge in [-0.25, -0.2) is 4.98 Å². The first-order valence-corrected chi connectivity index (χ1v) is 9.37. The van der Waals surface area contributed by atoms with E-state index in [1.54, 1.807) is 39.9 Å². The lowest BCUT2D eigenvalue weighted by Gasteiger charge is -2.18. The molecule has 0 bridgehead atoms. The molecule has 0 spiro atoms. The number of amides is 2. The van der Waals surface area contributed by atoms with Crippen LogP contribution in [0.5, 0.6) is 0 Å². The van der Waals surface area contributed by atoms with Crippen LogP contribution in [0.3, 0.4) is 0 Å². The maximum absolute atomic E-state index is 12.9. The first kappa shape index (κ1) is 19.5. The van der Waals surface area contributed by atoms with Crippen molar-refractivity contribution >= 4 is 28.5 Å². The summed E-state index contributed by atoms with van der Waals surface area (Å²) in [5.74, 6) is -0.241. The zero-order chi connectivity index (χ0) is 20.4. The van der Waals surface area contributed by atoms with Gasteiger partial charge in [0, 0.05) is 37.1 Å². The van der Waals surface area contributed by atoms with Crippen molar-refractivity contribution in [1.29, 1.82) is 0 Å². The van der Waals surface area contributed by atoms with Crippen molar-refractivity contribution in [3.63, 3.8) is 0 Å². The van der Waals surface area contributed by atoms with Gasteiger partial charge in [-0.05, 0) is 58.0 Å². The van der Waals surface area contributed by atoms with Crippen LogP contribution in [0.1, 0.15) is 46.0 Å². The van der Waals surface area contributed by atoms with Crippen LogP contribution in [-0.2, 0) is 7.05 Å². The highest BCUT2D eigenvalue weighted by Crippen LogP contribution is 2.23. The van der Waals surface area contributed by atoms with Crippen LogP contribution in [-0.4, -0.2) is 44.6 Å². The van der Waals surface area contributed by atoms with E-state index in [-0.39, 0.29) is 11.8 Å². The fraction of sp³-hybridized carbons (Fsp3) is 0.333. The Morgan fingerprint density at radius 3 is 2.36 bits per heavy atom. The Balaban J connectivity index is 1.86. The zero-order valence-corrected chi connectivity index (χ0v) is 16.9. The third kappa shape index (κ3) is 3.60. The molecule has 0 saturated carbocycles. The van der Waals surface area contributed by atoms with Gasteiger partial charge in [-0.15, -0.1) is 0 Å². The smallest absolute Gasteiger partial charge is 0.256 e. The number of hydrogen-bond acceptors (Lipinski definition) is 4. The molecular formula is C21H25N5O2. The number of anilines is 1. The van der Waals surface area contributed by atoms with Crippen LogP contribution in [0, 0.1) is 13.8 Å². The summed E-state index contributed by atoms with van der Waals surface area (Å²) in [4.78, 5) is 31.6. The summed E-state index contributed by atoms with van der Waals surface area (Å²) in [6.07, 6.45) is 0. The Morgan fingerprint density at radius 1 is 1.11 bits per heavy atom. The number of aromatic nitrogens is 3. The summed E-state index contributed by atoms with van der Waals surface area (Å²) < 4.78 is 1.68. The van der Waals surface area contributed by atoms with E-state index in [1.165, 1.54) is 0 Å². The van der Waals surface area contributed by atoms with Crippen LogP contribution in [0.4, 0.5) is 5.69 Å². The standard InChI is InChI=1S/C21H25N5O2/c1-6-26(7-2)21(28)15-8-10-16(11-9-15)23-20(27)17-12-13(3)22-19-18(17)14(4)24-25(19)5/h8-12H,6-7H2,1-5H3,(H,23,27). The van der Waals surface area contributed by atoms with Gasteiger partial charge in [-0.3, -0.25) is 14.3 Å². The average molecular weight is 379 g/mol. The first-order chi connectivity index (χ1) is 13.3. The number of hydrogen-bond donors (Lipinski definition) is 1. The van der Waals surface area contributed by atoms with E-state index in [2.05, 4.69) is 15.4 Å². The molecule has 3 rings (SSSR count). The van der Waals surface area contributed by atoms with Gasteiger partial charge >= 0.3 is 0 Å². The number of rotatable bonds is 5. The lowest BCUT2D eigenvalue weighted by Crippen LogP contribution is -2.30. The molecule has 1 aromatic carbocycles. The highest BCUT2D eigenvalue weighted by atomic mass is 16.2. The van der Waals surface area contributed by atoms with Crippen LogP contribution >= 0.6 is 0 Å². The van der Waals surface area contributed by atoms with Crippen molar-refractivity contribution < 1.29 is 9.59 Å². The highest BCUT2D eigenvalue weighted by molar-refractivity contribution is 6.12. The normalized spacial score (nSPS) is 10.9. The average Bonchev–Trinajstić information content (AvgIpc) is 2.96. The molecule has 0 aliphatic heterocycles. The third-order valence-corrected chi connectivity index (χ3v) is 4.78. The number of fused-ring (bicyclic) bond motifs is 1. The molecule has 7 heteroatoms. The minimum atomic E-state index is -0.227. The van der Waals surface area contributed by atoms with Crippen LogP contribution in [0.25, 0.3) is 11.0 Å². The van der Waals surface area contributed by atoms with Crippen molar-refractivity contribution in [1.82, 2.24) is 19.7 Å². The van der Waals surface area contributed by atoms with Crippen LogP contribution in [0.15, 0.2) is 30.3 Å². The predicted molar refractivity (Wildman–Crippen MR) is 110 cm³/mol. The number of aryl methyl sites for hydroxylation is 3. The topological polar surface area (TPSA) is 80.1 Å². The molecule has 2 aromatic heterocycles. The molecule has 0 fully saturated rings. The van der Waals surface area contributed by atoms with Gasteiger partial charge in [0.1, 0.15) is 0 Å². The fourth-order valence-electron chi connectivity index (χ4n) is 3.34. The molecule has 2 amide bonds. The lowest BCUT2D eigenvalue weighted by atomic mass is 10.1. The molecule has 0 atom stereocenters. The maximum atomic E-state index is 12.9. The highest BCUT2D eigenvalue weighted by Gasteiger charge is 2.18. The Morgan fingerprint density at radius 2 is 1.75 bits per heavy atom. The van der Waals surface area contributed by atoms with E-state index >= 15 is 0 Å². The monoisotopic (exact) mass is 379 g/mol. The number of pyridine rings is 1. The summed E-state index contributed by atoms with van der Waals surface area (Å²) in [5, 5.41) is 8.03. The Labute approximate surface area is 164 Å². The second-order valence-corrected chi connectivity index (χ2v) is 6.73. The molecule has 0 unspecified atom stereocenters. The van der Waals surface area contributed by atoms with Gasteiger partial charge in [-0.1, -0.05) is 0 Å². The second kappa shape index (κ2) is 7.80. The van der Waals surface area contributed by atoms with Gasteiger partial charge in [0.15, 0.2) is 5.65 Å². The van der Waals surface area contributed by atoms with E-state index in [4.69, 9.17) is 0 Å². The van der Waals surface area contributed by atoms with E-state index in [0.717, 1.165) is 16.8 Å². The van der Waals surface area contributed by atoms with Crippen molar-refractivity contribution in [3.8, 4) is 0 Å². The number of nitrogens with zero attached hydrogens (tertiary/aromatic N) is 4. The molecule has 0 saturated heterocycles. The molecule has 1 N–H and O–H groups in total. The maximum Gasteiger partial charge on any atom is 0.256 e. The van der Waals surface area contributed by atoms with E-state index in [9.17, 15) is 9.59 Å². The third-order valence-electron chi connectivity index (χ3n) is 4.78. The number of carbonyl (C=O) groups is 2. The zero-order valence-electron chi connectivity index (χ0n) is 16.9. The summed E-state index contributed by atoms with van der Waals surface area (Å²) in [6, 6.07) is 8.73. The van der Waals surface area contributed by atoms with E-state index < -0.39 is 0 Å². The van der Waals surface area contributed by atoms with Gasteiger partial charge < -0.3 is 10.2 Å². The van der Waals surface area contributed by atoms with Crippen molar-refractivity contribution in [2.45, 2.75) is 27.7 Å². The van der Waals surface area contributed by atoms with Crippen molar-refractivity contribution in [3.05, 3.63) is 52.8 Å². The van der Waals surface area contributed by atoms with E-state index in [1.807, 2.05) is 34.7 Å². The minimum absolute atomic E-state index is 0.0136. The lowest BCUT2D eigenvalue weighted by molar-refractivity contribution is 0.0773. The number of carbonyl (C=O) groups excluding carboxylic acids is 2. The Hall–Kier alpha value is -3.22. The summed E-state index contributed by atoms with van der Waals surface area (Å²) in [7, 11) is 1.81. The van der Waals surface area contributed by atoms with Crippen LogP contribution in [0.2, 0.25) is 0 Å². The molecule has 7 nitrogen and oxygen atoms in total. The van der Waals surface area contributed by atoms with Gasteiger partial charge in [-0.2, -0.15) is 5.10 Å². The van der Waals surface area contributed by atoms with Crippen molar-refractivity contribution in [2.75, 3.05) is 18.4 Å². The van der Waals surface area contributed by atoms with E-state index in [0.29, 0.717) is 35.6 Å². The molecule has 0 radical (unpaired) electrons. The Kier molecular flexibility index (Phi) is 5.44. The quantitative estimate of drug-likeness (QED) is 0.737. The number of nitrogens with one attached hydrogen (secondary N) is 1. The van der Waals surface area contributed by atoms with Crippen LogP contribution < -0.4 is 5.32 Å². The second-order valence-electron chi connectivity index (χ2n) is 6.73. The van der Waals surface area contributed by atoms with Gasteiger partial charge in [0.2, 0.25) is 0 Å². The predicted octanol–water partition coefficient (Wildman–Crippen LogP) is 3.32. The van der Waals surface area contributed by atoms with Gasteiger partial charge in [0.05, 0.1) is 16.6 Å². The largest absolute Gasteiger partial charge is 0.339 e. The summed E-state index contributed by atoms with van der Waals surface area (Å²) >= 11 is 0. The summed E-state index contributed by atoms with van der Waals surface area (Å²) in [6.45, 7) is 8.95. The Bertz CT molecular complexity index is 1030. The summed E-state index contributed by atoms with van der Waals surface area (Å²) in [5.41, 5.74) is 3.97. The molecule has 0 aliphatic carbocycles. The molecule has 0 aliphatic rings. The van der Waals surface area contributed by atoms with Crippen molar-refractivity contribution in [2.24, 2.45) is 7.05 Å².